The maximum Gasteiger partial charge on any atom is 0.255 e. The van der Waals surface area contributed by atoms with E-state index < -0.39 is 0 Å². The van der Waals surface area contributed by atoms with Crippen LogP contribution in [0.2, 0.25) is 0 Å². The highest BCUT2D eigenvalue weighted by molar-refractivity contribution is 5.93. The second-order valence-corrected chi connectivity index (χ2v) is 4.89. The first kappa shape index (κ1) is 15.2. The van der Waals surface area contributed by atoms with Crippen LogP contribution in [-0.4, -0.2) is 50.6 Å². The van der Waals surface area contributed by atoms with Crippen molar-refractivity contribution in [1.82, 2.24) is 19.4 Å². The van der Waals surface area contributed by atoms with E-state index in [1.54, 1.807) is 53.6 Å². The van der Waals surface area contributed by atoms with Gasteiger partial charge < -0.3 is 10.0 Å². The van der Waals surface area contributed by atoms with E-state index in [0.717, 1.165) is 25.1 Å². The van der Waals surface area contributed by atoms with Crippen LogP contribution in [0.3, 0.4) is 0 Å². The molecule has 0 bridgehead atoms. The molecule has 21 heavy (non-hydrogen) atoms. The molecule has 0 saturated carbocycles. The summed E-state index contributed by atoms with van der Waals surface area (Å²) in [4.78, 5) is 22.1. The zero-order valence-corrected chi connectivity index (χ0v) is 12.1. The summed E-state index contributed by atoms with van der Waals surface area (Å²) in [5.74, 6) is 0.693. The fourth-order valence-corrected chi connectivity index (χ4v) is 2.02. The normalized spacial score (nSPS) is 10.6. The SMILES string of the molecule is CN(CCCCCO)C(=O)c1ccc(-n2ccnc2)nc1. The van der Waals surface area contributed by atoms with E-state index in [4.69, 9.17) is 5.11 Å². The molecule has 2 heterocycles. The number of rotatable bonds is 7. The molecule has 2 aromatic rings. The quantitative estimate of drug-likeness (QED) is 0.784. The summed E-state index contributed by atoms with van der Waals surface area (Å²) in [6.07, 6.45) is 9.33. The number of imidazole rings is 1. The van der Waals surface area contributed by atoms with Crippen molar-refractivity contribution in [3.05, 3.63) is 42.6 Å². The number of nitrogens with zero attached hydrogens (tertiary/aromatic N) is 4. The predicted octanol–water partition coefficient (Wildman–Crippen LogP) is 1.50. The van der Waals surface area contributed by atoms with Gasteiger partial charge in [0.2, 0.25) is 0 Å². The van der Waals surface area contributed by atoms with Crippen molar-refractivity contribution in [3.8, 4) is 5.82 Å². The molecular formula is C15H20N4O2. The summed E-state index contributed by atoms with van der Waals surface area (Å²) < 4.78 is 1.78. The van der Waals surface area contributed by atoms with Gasteiger partial charge >= 0.3 is 0 Å². The summed E-state index contributed by atoms with van der Waals surface area (Å²) in [7, 11) is 1.78. The van der Waals surface area contributed by atoms with Crippen LogP contribution in [0.15, 0.2) is 37.1 Å². The molecule has 0 fully saturated rings. The molecule has 6 heteroatoms. The van der Waals surface area contributed by atoms with E-state index >= 15 is 0 Å². The van der Waals surface area contributed by atoms with E-state index in [9.17, 15) is 4.79 Å². The van der Waals surface area contributed by atoms with Crippen LogP contribution in [-0.2, 0) is 0 Å². The van der Waals surface area contributed by atoms with E-state index in [0.29, 0.717) is 12.1 Å². The Kier molecular flexibility index (Phi) is 5.45. The summed E-state index contributed by atoms with van der Waals surface area (Å²) in [5, 5.41) is 8.73. The molecule has 0 aliphatic heterocycles. The third-order valence-electron chi connectivity index (χ3n) is 3.26. The van der Waals surface area contributed by atoms with Gasteiger partial charge in [-0.25, -0.2) is 9.97 Å². The number of carbonyl (C=O) groups is 1. The maximum atomic E-state index is 12.2. The Bertz CT molecular complexity index is 552. The number of pyridine rings is 1. The number of hydrogen-bond acceptors (Lipinski definition) is 4. The Hall–Kier alpha value is -2.21. The number of aliphatic hydroxyl groups is 1. The molecule has 0 aliphatic rings. The second kappa shape index (κ2) is 7.54. The Morgan fingerprint density at radius 1 is 1.33 bits per heavy atom. The zero-order valence-electron chi connectivity index (χ0n) is 12.1. The molecule has 112 valence electrons. The van der Waals surface area contributed by atoms with Gasteiger partial charge in [-0.1, -0.05) is 0 Å². The van der Waals surface area contributed by atoms with Gasteiger partial charge in [-0.15, -0.1) is 0 Å². The van der Waals surface area contributed by atoms with Gasteiger partial charge in [-0.05, 0) is 31.4 Å². The summed E-state index contributed by atoms with van der Waals surface area (Å²) in [6, 6.07) is 3.57. The molecule has 1 amide bonds. The highest BCUT2D eigenvalue weighted by Crippen LogP contribution is 2.08. The molecule has 0 spiro atoms. The zero-order chi connectivity index (χ0) is 15.1. The van der Waals surface area contributed by atoms with Gasteiger partial charge in [0.25, 0.3) is 5.91 Å². The monoisotopic (exact) mass is 288 g/mol. The summed E-state index contributed by atoms with van der Waals surface area (Å²) >= 11 is 0. The lowest BCUT2D eigenvalue weighted by Crippen LogP contribution is -2.27. The van der Waals surface area contributed by atoms with Crippen LogP contribution in [0.1, 0.15) is 29.6 Å². The Morgan fingerprint density at radius 2 is 2.19 bits per heavy atom. The van der Waals surface area contributed by atoms with Crippen molar-refractivity contribution >= 4 is 5.91 Å². The van der Waals surface area contributed by atoms with E-state index in [1.807, 2.05) is 0 Å². The number of aliphatic hydroxyl groups excluding tert-OH is 1. The van der Waals surface area contributed by atoms with E-state index in [-0.39, 0.29) is 12.5 Å². The molecule has 1 N–H and O–H groups in total. The average molecular weight is 288 g/mol. The fourth-order valence-electron chi connectivity index (χ4n) is 2.02. The smallest absolute Gasteiger partial charge is 0.255 e. The van der Waals surface area contributed by atoms with Crippen molar-refractivity contribution in [2.45, 2.75) is 19.3 Å². The molecule has 6 nitrogen and oxygen atoms in total. The molecule has 0 unspecified atom stereocenters. The van der Waals surface area contributed by atoms with Crippen LogP contribution < -0.4 is 0 Å². The van der Waals surface area contributed by atoms with Crippen molar-refractivity contribution in [2.75, 3.05) is 20.2 Å². The first-order valence-corrected chi connectivity index (χ1v) is 7.03. The third-order valence-corrected chi connectivity index (χ3v) is 3.26. The van der Waals surface area contributed by atoms with Crippen molar-refractivity contribution < 1.29 is 9.90 Å². The highest BCUT2D eigenvalue weighted by Gasteiger charge is 2.11. The molecule has 0 aromatic carbocycles. The highest BCUT2D eigenvalue weighted by atomic mass is 16.2. The van der Waals surface area contributed by atoms with Crippen molar-refractivity contribution in [2.24, 2.45) is 0 Å². The lowest BCUT2D eigenvalue weighted by molar-refractivity contribution is 0.0791. The Morgan fingerprint density at radius 3 is 2.81 bits per heavy atom. The lowest BCUT2D eigenvalue weighted by atomic mass is 10.2. The number of amides is 1. The van der Waals surface area contributed by atoms with Crippen LogP contribution in [0.5, 0.6) is 0 Å². The predicted molar refractivity (Wildman–Crippen MR) is 79.3 cm³/mol. The second-order valence-electron chi connectivity index (χ2n) is 4.89. The van der Waals surface area contributed by atoms with Gasteiger partial charge in [0, 0.05) is 38.8 Å². The molecule has 2 rings (SSSR count). The number of carbonyl (C=O) groups excluding carboxylic acids is 1. The van der Waals surface area contributed by atoms with Gasteiger partial charge in [-0.2, -0.15) is 0 Å². The van der Waals surface area contributed by atoms with E-state index in [1.165, 1.54) is 0 Å². The molecular weight excluding hydrogens is 268 g/mol. The first-order valence-electron chi connectivity index (χ1n) is 7.03. The largest absolute Gasteiger partial charge is 0.396 e. The van der Waals surface area contributed by atoms with Crippen molar-refractivity contribution in [1.29, 1.82) is 0 Å². The van der Waals surface area contributed by atoms with Gasteiger partial charge in [0.15, 0.2) is 0 Å². The van der Waals surface area contributed by atoms with Gasteiger partial charge in [0.05, 0.1) is 5.56 Å². The molecule has 0 aliphatic carbocycles. The Labute approximate surface area is 124 Å². The van der Waals surface area contributed by atoms with Gasteiger partial charge in [0.1, 0.15) is 12.1 Å². The first-order chi connectivity index (χ1) is 10.2. The van der Waals surface area contributed by atoms with Crippen LogP contribution in [0.25, 0.3) is 5.82 Å². The molecule has 0 saturated heterocycles. The van der Waals surface area contributed by atoms with Gasteiger partial charge in [-0.3, -0.25) is 9.36 Å². The van der Waals surface area contributed by atoms with Crippen LogP contribution in [0.4, 0.5) is 0 Å². The number of hydrogen-bond donors (Lipinski definition) is 1. The standard InChI is InChI=1S/C15H20N4O2/c1-18(8-3-2-4-10-20)15(21)13-5-6-14(17-11-13)19-9-7-16-12-19/h5-7,9,11-12,20H,2-4,8,10H2,1H3. The Balaban J connectivity index is 1.93. The van der Waals surface area contributed by atoms with Crippen molar-refractivity contribution in [3.63, 3.8) is 0 Å². The minimum atomic E-state index is -0.0383. The summed E-state index contributed by atoms with van der Waals surface area (Å²) in [5.41, 5.74) is 0.573. The number of unbranched alkanes of at least 4 members (excludes halogenated alkanes) is 2. The fraction of sp³-hybridized carbons (Fsp3) is 0.400. The molecule has 0 atom stereocenters. The lowest BCUT2D eigenvalue weighted by Gasteiger charge is -2.17. The summed E-state index contributed by atoms with van der Waals surface area (Å²) in [6.45, 7) is 0.888. The van der Waals surface area contributed by atoms with E-state index in [2.05, 4.69) is 9.97 Å². The minimum absolute atomic E-state index is 0.0383. The molecule has 0 radical (unpaired) electrons. The van der Waals surface area contributed by atoms with Crippen LogP contribution in [0, 0.1) is 0 Å². The average Bonchev–Trinajstić information content (AvgIpc) is 3.05. The minimum Gasteiger partial charge on any atom is -0.396 e. The third kappa shape index (κ3) is 4.13. The van der Waals surface area contributed by atoms with Crippen LogP contribution >= 0.6 is 0 Å². The molecule has 2 aromatic heterocycles. The topological polar surface area (TPSA) is 71.2 Å². The maximum absolute atomic E-state index is 12.2. The number of aromatic nitrogens is 3.